The molecule has 1 saturated carbocycles. The molecule has 146 valence electrons. The van der Waals surface area contributed by atoms with Gasteiger partial charge < -0.3 is 15.0 Å². The number of pyridine rings is 1. The molecule has 1 amide bonds. The molecule has 5 rings (SSSR count). The first kappa shape index (κ1) is 17.9. The van der Waals surface area contributed by atoms with Gasteiger partial charge in [-0.25, -0.2) is 9.37 Å². The predicted molar refractivity (Wildman–Crippen MR) is 105 cm³/mol. The first-order valence-corrected chi connectivity index (χ1v) is 10.1. The minimum atomic E-state index is -0.443. The van der Waals surface area contributed by atoms with Crippen molar-refractivity contribution < 1.29 is 13.9 Å². The largest absolute Gasteiger partial charge is 0.378 e. The molecule has 1 aromatic carbocycles. The second kappa shape index (κ2) is 7.01. The van der Waals surface area contributed by atoms with Crippen molar-refractivity contribution >= 4 is 28.9 Å². The zero-order valence-corrected chi connectivity index (χ0v) is 16.1. The van der Waals surface area contributed by atoms with Crippen LogP contribution in [0.15, 0.2) is 24.4 Å². The summed E-state index contributed by atoms with van der Waals surface area (Å²) in [5.41, 5.74) is 4.50. The summed E-state index contributed by atoms with van der Waals surface area (Å²) in [5.74, 6) is 0.397. The molecule has 0 spiro atoms. The SMILES string of the molecule is O=C(c1ncc(Nc2ccc(F)c(Cl)c2)c2c1C1CCC2C1)N1CCOCC1. The fourth-order valence-corrected chi connectivity index (χ4v) is 5.00. The number of ether oxygens (including phenoxy) is 1. The second-order valence-electron chi connectivity index (χ2n) is 7.71. The van der Waals surface area contributed by atoms with E-state index in [2.05, 4.69) is 10.3 Å². The normalized spacial score (nSPS) is 23.0. The molecule has 1 saturated heterocycles. The smallest absolute Gasteiger partial charge is 0.272 e. The van der Waals surface area contributed by atoms with Gasteiger partial charge in [-0.2, -0.15) is 0 Å². The molecule has 7 heteroatoms. The van der Waals surface area contributed by atoms with Gasteiger partial charge in [0.25, 0.3) is 5.91 Å². The molecule has 2 bridgehead atoms. The number of rotatable bonds is 3. The van der Waals surface area contributed by atoms with Gasteiger partial charge in [-0.15, -0.1) is 0 Å². The molecule has 1 N–H and O–H groups in total. The minimum Gasteiger partial charge on any atom is -0.378 e. The zero-order chi connectivity index (χ0) is 19.3. The van der Waals surface area contributed by atoms with Crippen molar-refractivity contribution in [3.8, 4) is 0 Å². The van der Waals surface area contributed by atoms with Gasteiger partial charge in [0, 0.05) is 18.8 Å². The molecule has 3 aliphatic rings. The monoisotopic (exact) mass is 401 g/mol. The predicted octanol–water partition coefficient (Wildman–Crippen LogP) is 4.45. The van der Waals surface area contributed by atoms with E-state index in [9.17, 15) is 9.18 Å². The van der Waals surface area contributed by atoms with Crippen LogP contribution in [0.25, 0.3) is 0 Å². The van der Waals surface area contributed by atoms with Crippen LogP contribution in [-0.4, -0.2) is 42.1 Å². The molecule has 1 aromatic heterocycles. The maximum absolute atomic E-state index is 13.5. The standard InChI is InChI=1S/C21H21ClFN3O2/c22-15-10-14(3-4-16(15)23)25-17-11-24-20(21(27)26-5-7-28-8-6-26)19-13-2-1-12(9-13)18(17)19/h3-4,10-13,25H,1-2,5-9H2. The summed E-state index contributed by atoms with van der Waals surface area (Å²) in [7, 11) is 0. The first-order chi connectivity index (χ1) is 13.6. The third-order valence-corrected chi connectivity index (χ3v) is 6.40. The van der Waals surface area contributed by atoms with Gasteiger partial charge in [-0.05, 0) is 60.4 Å². The molecule has 2 heterocycles. The van der Waals surface area contributed by atoms with Crippen LogP contribution in [0.3, 0.4) is 0 Å². The molecule has 2 aromatic rings. The van der Waals surface area contributed by atoms with E-state index in [0.29, 0.717) is 49.5 Å². The lowest BCUT2D eigenvalue weighted by atomic mass is 9.89. The van der Waals surface area contributed by atoms with E-state index >= 15 is 0 Å². The number of carbonyl (C=O) groups is 1. The third-order valence-electron chi connectivity index (χ3n) is 6.11. The summed E-state index contributed by atoms with van der Waals surface area (Å²) >= 11 is 5.92. The number of halogens is 2. The number of nitrogens with zero attached hydrogens (tertiary/aromatic N) is 2. The molecular formula is C21H21ClFN3O2. The Kier molecular flexibility index (Phi) is 4.48. The van der Waals surface area contributed by atoms with Crippen LogP contribution >= 0.6 is 11.6 Å². The lowest BCUT2D eigenvalue weighted by Crippen LogP contribution is -2.41. The summed E-state index contributed by atoms with van der Waals surface area (Å²) < 4.78 is 18.8. The number of fused-ring (bicyclic) bond motifs is 5. The first-order valence-electron chi connectivity index (χ1n) is 9.73. The van der Waals surface area contributed by atoms with Gasteiger partial charge in [0.2, 0.25) is 0 Å². The van der Waals surface area contributed by atoms with E-state index in [-0.39, 0.29) is 10.9 Å². The van der Waals surface area contributed by atoms with Crippen LogP contribution < -0.4 is 5.32 Å². The van der Waals surface area contributed by atoms with E-state index < -0.39 is 5.82 Å². The number of benzene rings is 1. The molecule has 2 aliphatic carbocycles. The van der Waals surface area contributed by atoms with Crippen LogP contribution in [0.1, 0.15) is 52.7 Å². The Bertz CT molecular complexity index is 945. The highest BCUT2D eigenvalue weighted by Gasteiger charge is 2.42. The van der Waals surface area contributed by atoms with E-state index in [0.717, 1.165) is 30.5 Å². The van der Waals surface area contributed by atoms with Crippen LogP contribution in [0.4, 0.5) is 15.8 Å². The van der Waals surface area contributed by atoms with Crippen LogP contribution in [0, 0.1) is 5.82 Å². The topological polar surface area (TPSA) is 54.5 Å². The second-order valence-corrected chi connectivity index (χ2v) is 8.12. The van der Waals surface area contributed by atoms with Gasteiger partial charge in [0.15, 0.2) is 0 Å². The van der Waals surface area contributed by atoms with Crippen LogP contribution in [0.2, 0.25) is 5.02 Å². The Morgan fingerprint density at radius 3 is 2.71 bits per heavy atom. The molecule has 2 fully saturated rings. The van der Waals surface area contributed by atoms with Gasteiger partial charge in [0.1, 0.15) is 11.5 Å². The number of morpholine rings is 1. The summed E-state index contributed by atoms with van der Waals surface area (Å²) in [6, 6.07) is 4.58. The Labute approximate surface area is 167 Å². The molecule has 5 nitrogen and oxygen atoms in total. The Hall–Kier alpha value is -2.18. The highest BCUT2D eigenvalue weighted by Crippen LogP contribution is 2.56. The maximum atomic E-state index is 13.5. The Balaban J connectivity index is 1.52. The number of hydrogen-bond donors (Lipinski definition) is 1. The van der Waals surface area contributed by atoms with Gasteiger partial charge in [-0.1, -0.05) is 11.6 Å². The van der Waals surface area contributed by atoms with Crippen molar-refractivity contribution in [1.29, 1.82) is 0 Å². The Morgan fingerprint density at radius 1 is 1.21 bits per heavy atom. The molecule has 2 atom stereocenters. The molecule has 1 aliphatic heterocycles. The summed E-state index contributed by atoms with van der Waals surface area (Å²) in [4.78, 5) is 19.5. The number of aromatic nitrogens is 1. The highest BCUT2D eigenvalue weighted by molar-refractivity contribution is 6.31. The fourth-order valence-electron chi connectivity index (χ4n) is 4.82. The summed E-state index contributed by atoms with van der Waals surface area (Å²) in [6.45, 7) is 2.37. The average Bonchev–Trinajstić information content (AvgIpc) is 3.34. The van der Waals surface area contributed by atoms with Crippen molar-refractivity contribution in [2.24, 2.45) is 0 Å². The number of carbonyl (C=O) groups excluding carboxylic acids is 1. The molecule has 2 unspecified atom stereocenters. The van der Waals surface area contributed by atoms with Gasteiger partial charge in [0.05, 0.1) is 30.1 Å². The van der Waals surface area contributed by atoms with Crippen LogP contribution in [-0.2, 0) is 4.74 Å². The van der Waals surface area contributed by atoms with Crippen molar-refractivity contribution in [2.75, 3.05) is 31.6 Å². The number of hydrogen-bond acceptors (Lipinski definition) is 4. The molecule has 28 heavy (non-hydrogen) atoms. The summed E-state index contributed by atoms with van der Waals surface area (Å²) in [6.07, 6.45) is 5.05. The highest BCUT2D eigenvalue weighted by atomic mass is 35.5. The fraction of sp³-hybridized carbons (Fsp3) is 0.429. The third kappa shape index (κ3) is 2.95. The number of nitrogens with one attached hydrogen (secondary N) is 1. The summed E-state index contributed by atoms with van der Waals surface area (Å²) in [5, 5.41) is 3.42. The zero-order valence-electron chi connectivity index (χ0n) is 15.4. The van der Waals surface area contributed by atoms with Gasteiger partial charge in [-0.3, -0.25) is 4.79 Å². The van der Waals surface area contributed by atoms with Crippen molar-refractivity contribution in [3.63, 3.8) is 0 Å². The number of anilines is 2. The van der Waals surface area contributed by atoms with Crippen molar-refractivity contribution in [1.82, 2.24) is 9.88 Å². The van der Waals surface area contributed by atoms with E-state index in [4.69, 9.17) is 16.3 Å². The minimum absolute atomic E-state index is 0.00322. The molecule has 0 radical (unpaired) electrons. The maximum Gasteiger partial charge on any atom is 0.272 e. The molecular weight excluding hydrogens is 381 g/mol. The quantitative estimate of drug-likeness (QED) is 0.825. The Morgan fingerprint density at radius 2 is 1.96 bits per heavy atom. The van der Waals surface area contributed by atoms with E-state index in [1.807, 2.05) is 4.90 Å². The number of amides is 1. The van der Waals surface area contributed by atoms with Crippen LogP contribution in [0.5, 0.6) is 0 Å². The van der Waals surface area contributed by atoms with E-state index in [1.54, 1.807) is 18.3 Å². The van der Waals surface area contributed by atoms with Crippen molar-refractivity contribution in [2.45, 2.75) is 31.1 Å². The lowest BCUT2D eigenvalue weighted by molar-refractivity contribution is 0.0298. The van der Waals surface area contributed by atoms with E-state index in [1.165, 1.54) is 11.6 Å². The van der Waals surface area contributed by atoms with Gasteiger partial charge >= 0.3 is 0 Å². The lowest BCUT2D eigenvalue weighted by Gasteiger charge is -2.29. The van der Waals surface area contributed by atoms with Crippen molar-refractivity contribution in [3.05, 3.63) is 52.1 Å². The average molecular weight is 402 g/mol.